The SMILES string of the molecule is N#CC(C#N)=c1c2ccccc2c(=C(C#N)C#N)c2cc(C3=NOC45c6c7c8c9c%10c%11c(c%12c%13c4c4c6c6c%14c7c7c8c8c%10c%10c%15c%11c%11c%12c%12c%13c%13c4c4c6c6c%14c%14c7c7c8c%10c8c%10c%15c%11c%11c%12c%12c%13c4c4c6c6c%14c7c8c7c%10c%11c%12c4c67)C395)ccc12. The van der Waals surface area contributed by atoms with Crippen LogP contribution < -0.4 is 10.4 Å². The maximum atomic E-state index is 11.0. The van der Waals surface area contributed by atoms with Crippen LogP contribution in [0.1, 0.15) is 27.8 Å². The van der Waals surface area contributed by atoms with Gasteiger partial charge in [-0.2, -0.15) is 21.0 Å². The van der Waals surface area contributed by atoms with Gasteiger partial charge >= 0.3 is 0 Å². The van der Waals surface area contributed by atoms with E-state index in [4.69, 9.17) is 9.99 Å². The minimum absolute atomic E-state index is 0.0185. The first kappa shape index (κ1) is 34.4. The minimum atomic E-state index is -1.11. The smallest absolute Gasteiger partial charge is 0.209 e. The summed E-state index contributed by atoms with van der Waals surface area (Å²) < 4.78 is 0. The van der Waals surface area contributed by atoms with Crippen molar-refractivity contribution in [2.24, 2.45) is 5.16 Å². The van der Waals surface area contributed by atoms with Crippen LogP contribution >= 0.6 is 0 Å². The molecule has 36 rings (SSSR count). The fourth-order valence-corrected chi connectivity index (χ4v) is 27.3. The molecule has 6 nitrogen and oxygen atoms in total. The van der Waals surface area contributed by atoms with Crippen molar-refractivity contribution in [3.8, 4) is 24.3 Å². The van der Waals surface area contributed by atoms with Gasteiger partial charge in [-0.05, 0) is 330 Å². The first-order chi connectivity index (χ1) is 43.2. The number of fused-ring (bicyclic) bond motifs is 2. The third-order valence-corrected chi connectivity index (χ3v) is 28.1. The largest absolute Gasteiger partial charge is 0.377 e. The van der Waals surface area contributed by atoms with E-state index in [1.807, 2.05) is 30.3 Å². The van der Waals surface area contributed by atoms with Gasteiger partial charge in [0, 0.05) is 27.1 Å². The number of oxime groups is 1. The molecule has 1 aliphatic heterocycles. The Kier molecular flexibility index (Phi) is 3.29. The molecule has 0 radical (unpaired) electrons. The molecule has 31 aromatic rings. The highest BCUT2D eigenvalue weighted by Crippen LogP contribution is 2.85. The number of nitrogens with zero attached hydrogens (tertiary/aromatic N) is 5. The van der Waals surface area contributed by atoms with Gasteiger partial charge in [-0.15, -0.1) is 0 Å². The van der Waals surface area contributed by atoms with E-state index in [-0.39, 0.29) is 11.1 Å². The molecule has 0 aromatic heterocycles. The minimum Gasteiger partial charge on any atom is -0.377 e. The summed E-state index contributed by atoms with van der Waals surface area (Å²) in [6.45, 7) is 0. The lowest BCUT2D eigenvalue weighted by atomic mass is 9.52. The first-order valence-corrected chi connectivity index (χ1v) is 30.6. The quantitative estimate of drug-likeness (QED) is 0.120. The van der Waals surface area contributed by atoms with E-state index >= 15 is 0 Å². The molecule has 87 heavy (non-hydrogen) atoms. The Labute approximate surface area is 473 Å². The Morgan fingerprint density at radius 2 is 0.506 bits per heavy atom. The average molecular weight is 1070 g/mol. The zero-order valence-corrected chi connectivity index (χ0v) is 43.7. The molecule has 4 aliphatic carbocycles. The van der Waals surface area contributed by atoms with E-state index in [2.05, 4.69) is 36.4 Å². The van der Waals surface area contributed by atoms with Crippen molar-refractivity contribution >= 4 is 329 Å². The molecule has 0 amide bonds. The maximum Gasteiger partial charge on any atom is 0.209 e. The highest BCUT2D eigenvalue weighted by molar-refractivity contribution is 6.82. The summed E-state index contributed by atoms with van der Waals surface area (Å²) in [5.74, 6) is 0. The zero-order valence-electron chi connectivity index (χ0n) is 43.7. The molecule has 2 spiro atoms. The van der Waals surface area contributed by atoms with Gasteiger partial charge in [0.2, 0.25) is 5.60 Å². The van der Waals surface area contributed by atoms with Gasteiger partial charge in [-0.3, -0.25) is 0 Å². The van der Waals surface area contributed by atoms with Crippen molar-refractivity contribution in [3.05, 3.63) is 80.7 Å². The summed E-state index contributed by atoms with van der Waals surface area (Å²) in [4.78, 5) is 8.29. The monoisotopic (exact) mass is 1070 g/mol. The van der Waals surface area contributed by atoms with Gasteiger partial charge in [0.25, 0.3) is 0 Å². The fourth-order valence-electron chi connectivity index (χ4n) is 27.3. The Morgan fingerprint density at radius 1 is 0.276 bits per heavy atom. The predicted octanol–water partition coefficient (Wildman–Crippen LogP) is 18.4. The number of rotatable bonds is 1. The molecule has 0 unspecified atom stereocenters. The third kappa shape index (κ3) is 2.03. The van der Waals surface area contributed by atoms with Crippen molar-refractivity contribution in [1.82, 2.24) is 0 Å². The molecule has 0 saturated heterocycles. The average Bonchev–Trinajstić information content (AvgIpc) is 1.38. The molecule has 31 aromatic carbocycles. The van der Waals surface area contributed by atoms with Crippen LogP contribution in [-0.4, -0.2) is 5.71 Å². The standard InChI is InChI=1S/C81H7N5O/c82-8-13(9-83)19-15-3-1-2-4-16(15)20(14(10-84)11-85)18-7-12(5-6-17(18)19)79-80-75-67-59-49-39-31-23-21-22-25-29-27(23)35-43-37(29)47-41-33(25)34-26(22)30-28-24(21)32(31)40-46-36(28)44-38(30)48-42(34)52-51(41)63-57(47)65-55(43)61(53(59)45(35)39)69(75)71(65)77-73(63)74-64(52)58(48)66-56(44)62-54(46)60(50(40)49)68(67)76(80)70(62)72(66)78(74)81(77,80)87-86-79/h1-7H. The van der Waals surface area contributed by atoms with Crippen LogP contribution in [0.2, 0.25) is 0 Å². The van der Waals surface area contributed by atoms with E-state index < -0.39 is 11.0 Å². The lowest BCUT2D eigenvalue weighted by molar-refractivity contribution is -0.0122. The van der Waals surface area contributed by atoms with E-state index in [1.54, 1.807) is 64.6 Å². The second kappa shape index (κ2) is 8.32. The second-order valence-electron chi connectivity index (χ2n) is 29.0. The number of benzene rings is 21. The summed E-state index contributed by atoms with van der Waals surface area (Å²) in [5.41, 5.74) is 4.97. The Hall–Kier alpha value is -12.2. The Morgan fingerprint density at radius 3 is 0.770 bits per heavy atom. The normalized spacial score (nSPS) is 19.9. The summed E-state index contributed by atoms with van der Waals surface area (Å²) >= 11 is 0. The van der Waals surface area contributed by atoms with E-state index in [0.717, 1.165) is 11.3 Å². The van der Waals surface area contributed by atoms with Crippen LogP contribution in [0.15, 0.2) is 47.6 Å². The van der Waals surface area contributed by atoms with Crippen LogP contribution in [0.25, 0.3) is 324 Å². The first-order valence-electron chi connectivity index (χ1n) is 30.6. The third-order valence-electron chi connectivity index (χ3n) is 28.1. The van der Waals surface area contributed by atoms with Gasteiger partial charge in [-0.1, -0.05) is 41.6 Å². The van der Waals surface area contributed by atoms with Crippen LogP contribution in [0.3, 0.4) is 0 Å². The lowest BCUT2D eigenvalue weighted by Crippen LogP contribution is -2.54. The van der Waals surface area contributed by atoms with Gasteiger partial charge < -0.3 is 4.84 Å². The molecule has 1 heterocycles. The van der Waals surface area contributed by atoms with Gasteiger partial charge in [0.05, 0.1) is 0 Å². The van der Waals surface area contributed by atoms with Crippen LogP contribution in [0.5, 0.6) is 0 Å². The molecule has 0 saturated carbocycles. The topological polar surface area (TPSA) is 117 Å². The fraction of sp³-hybridized carbons (Fsp3) is 0.0247. The maximum absolute atomic E-state index is 11.0. The molecular weight excluding hydrogens is 1060 g/mol. The van der Waals surface area contributed by atoms with Crippen molar-refractivity contribution in [1.29, 1.82) is 21.0 Å². The van der Waals surface area contributed by atoms with Gasteiger partial charge in [-0.25, -0.2) is 0 Å². The van der Waals surface area contributed by atoms with Crippen molar-refractivity contribution in [3.63, 3.8) is 0 Å². The van der Waals surface area contributed by atoms with E-state index in [1.165, 1.54) is 248 Å². The number of nitriles is 4. The van der Waals surface area contributed by atoms with Crippen LogP contribution in [-0.2, 0) is 15.9 Å². The molecule has 0 atom stereocenters. The molecule has 6 heteroatoms. The van der Waals surface area contributed by atoms with Gasteiger partial charge in [0.15, 0.2) is 0 Å². The molecule has 0 N–H and O–H groups in total. The van der Waals surface area contributed by atoms with E-state index in [9.17, 15) is 21.0 Å². The van der Waals surface area contributed by atoms with Crippen molar-refractivity contribution < 1.29 is 4.84 Å². The van der Waals surface area contributed by atoms with Gasteiger partial charge in [0.1, 0.15) is 46.5 Å². The molecular formula is C81H7N5O. The summed E-state index contributed by atoms with van der Waals surface area (Å²) in [7, 11) is 0. The molecule has 362 valence electrons. The highest BCUT2D eigenvalue weighted by Gasteiger charge is 2.76. The lowest BCUT2D eigenvalue weighted by Gasteiger charge is -2.47. The summed E-state index contributed by atoms with van der Waals surface area (Å²) in [5, 5.41) is 134. The van der Waals surface area contributed by atoms with Crippen LogP contribution in [0.4, 0.5) is 0 Å². The highest BCUT2D eigenvalue weighted by atomic mass is 16.7. The predicted molar refractivity (Wildman–Crippen MR) is 351 cm³/mol. The van der Waals surface area contributed by atoms with Crippen LogP contribution in [0, 0.1) is 45.3 Å². The number of hydrogen-bond donors (Lipinski definition) is 0. The van der Waals surface area contributed by atoms with Crippen molar-refractivity contribution in [2.45, 2.75) is 11.0 Å². The zero-order chi connectivity index (χ0) is 53.5. The Bertz CT molecular complexity index is 8940. The second-order valence-corrected chi connectivity index (χ2v) is 29.0. The van der Waals surface area contributed by atoms with E-state index in [0.29, 0.717) is 32.0 Å². The number of hydrogen-bond acceptors (Lipinski definition) is 6. The summed E-state index contributed by atoms with van der Waals surface area (Å²) in [6, 6.07) is 23.1. The summed E-state index contributed by atoms with van der Waals surface area (Å²) in [6.07, 6.45) is 0. The Balaban J connectivity index is 0.954. The molecule has 0 bridgehead atoms. The van der Waals surface area contributed by atoms with Crippen molar-refractivity contribution in [2.75, 3.05) is 0 Å². The molecule has 5 aliphatic rings. The molecule has 0 fully saturated rings.